The van der Waals surface area contributed by atoms with Gasteiger partial charge in [0.1, 0.15) is 18.5 Å². The second-order valence-electron chi connectivity index (χ2n) is 10.1. The number of hydrogen-bond donors (Lipinski definition) is 1. The van der Waals surface area contributed by atoms with E-state index in [1.165, 1.54) is 22.1 Å². The Balaban J connectivity index is 1.43. The third-order valence-electron chi connectivity index (χ3n) is 7.38. The lowest BCUT2D eigenvalue weighted by Crippen LogP contribution is -2.50. The molecule has 9 heteroatoms. The predicted octanol–water partition coefficient (Wildman–Crippen LogP) is 3.86. The van der Waals surface area contributed by atoms with Crippen LogP contribution < -0.4 is 5.32 Å². The van der Waals surface area contributed by atoms with Crippen molar-refractivity contribution in [1.82, 2.24) is 15.3 Å². The molecule has 202 valence electrons. The summed E-state index contributed by atoms with van der Waals surface area (Å²) in [5.74, 6) is -2.04. The van der Waals surface area contributed by atoms with E-state index < -0.39 is 29.6 Å². The lowest BCUT2D eigenvalue weighted by Gasteiger charge is -2.31. The number of nitrogens with zero attached hydrogens (tertiary/aromatic N) is 2. The Morgan fingerprint density at radius 1 is 1.03 bits per heavy atom. The van der Waals surface area contributed by atoms with Crippen LogP contribution in [-0.2, 0) is 25.8 Å². The van der Waals surface area contributed by atoms with Gasteiger partial charge in [0, 0.05) is 12.1 Å². The third kappa shape index (κ3) is 7.25. The molecule has 4 amide bonds. The Bertz CT molecular complexity index is 1100. The lowest BCUT2D eigenvalue weighted by atomic mass is 9.91. The standard InChI is InChI=1S/C29H34FN3O5/c30-25-14-12-23(13-15-25)27(35)31-28(36)26-11-6-16-33(26)29(37)24(17-21-7-4-5-8-21)18-32(20-34)38-19-22-9-2-1-3-10-22/h1-3,9-10,12-15,20-21,24,26H,4-8,11,16-19H2,(H,31,35,36)/t24?,26-/m0/s1. The Kier molecular flexibility index (Phi) is 9.59. The molecule has 1 saturated heterocycles. The zero-order valence-corrected chi connectivity index (χ0v) is 21.4. The average molecular weight is 524 g/mol. The number of rotatable bonds is 11. The molecule has 1 N–H and O–H groups in total. The quantitative estimate of drug-likeness (QED) is 0.274. The molecule has 0 bridgehead atoms. The van der Waals surface area contributed by atoms with Gasteiger partial charge >= 0.3 is 0 Å². The molecular weight excluding hydrogens is 489 g/mol. The molecule has 2 fully saturated rings. The zero-order chi connectivity index (χ0) is 26.9. The van der Waals surface area contributed by atoms with E-state index in [4.69, 9.17) is 4.84 Å². The summed E-state index contributed by atoms with van der Waals surface area (Å²) >= 11 is 0. The van der Waals surface area contributed by atoms with Gasteiger partial charge in [0.05, 0.1) is 12.5 Å². The van der Waals surface area contributed by atoms with Gasteiger partial charge in [-0.2, -0.15) is 0 Å². The number of halogens is 1. The summed E-state index contributed by atoms with van der Waals surface area (Å²) < 4.78 is 13.2. The van der Waals surface area contributed by atoms with Crippen molar-refractivity contribution in [1.29, 1.82) is 0 Å². The largest absolute Gasteiger partial charge is 0.330 e. The van der Waals surface area contributed by atoms with Crippen molar-refractivity contribution in [3.8, 4) is 0 Å². The highest BCUT2D eigenvalue weighted by molar-refractivity contribution is 6.06. The van der Waals surface area contributed by atoms with Gasteiger partial charge < -0.3 is 4.90 Å². The van der Waals surface area contributed by atoms with E-state index in [-0.39, 0.29) is 24.6 Å². The Hall–Kier alpha value is -3.59. The van der Waals surface area contributed by atoms with E-state index >= 15 is 0 Å². The SMILES string of the molecule is O=CN(CC(CC1CCCC1)C(=O)N1CCC[C@H]1C(=O)NC(=O)c1ccc(F)cc1)OCc1ccccc1. The van der Waals surface area contributed by atoms with Gasteiger partial charge in [0.2, 0.25) is 18.2 Å². The fraction of sp³-hybridized carbons (Fsp3) is 0.448. The first-order valence-electron chi connectivity index (χ1n) is 13.2. The van der Waals surface area contributed by atoms with Crippen LogP contribution in [0.15, 0.2) is 54.6 Å². The number of hydrogen-bond acceptors (Lipinski definition) is 5. The third-order valence-corrected chi connectivity index (χ3v) is 7.38. The molecule has 0 radical (unpaired) electrons. The molecule has 0 aromatic heterocycles. The Morgan fingerprint density at radius 3 is 2.42 bits per heavy atom. The highest BCUT2D eigenvalue weighted by Gasteiger charge is 2.39. The minimum atomic E-state index is -0.784. The first-order valence-corrected chi connectivity index (χ1v) is 13.2. The van der Waals surface area contributed by atoms with Crippen LogP contribution in [0.3, 0.4) is 0 Å². The first-order chi connectivity index (χ1) is 18.4. The van der Waals surface area contributed by atoms with E-state index in [0.717, 1.165) is 43.4 Å². The van der Waals surface area contributed by atoms with Gasteiger partial charge in [-0.25, -0.2) is 9.45 Å². The first kappa shape index (κ1) is 27.4. The van der Waals surface area contributed by atoms with Gasteiger partial charge in [-0.1, -0.05) is 56.0 Å². The van der Waals surface area contributed by atoms with Crippen LogP contribution in [0.5, 0.6) is 0 Å². The normalized spacial score (nSPS) is 18.2. The van der Waals surface area contributed by atoms with Crippen molar-refractivity contribution >= 4 is 24.1 Å². The molecule has 2 aromatic rings. The monoisotopic (exact) mass is 523 g/mol. The molecule has 38 heavy (non-hydrogen) atoms. The second-order valence-corrected chi connectivity index (χ2v) is 10.1. The van der Waals surface area contributed by atoms with Crippen LogP contribution in [0.25, 0.3) is 0 Å². The fourth-order valence-corrected chi connectivity index (χ4v) is 5.38. The van der Waals surface area contributed by atoms with Gasteiger partial charge in [-0.05, 0) is 55.0 Å². The van der Waals surface area contributed by atoms with Crippen LogP contribution in [0, 0.1) is 17.7 Å². The van der Waals surface area contributed by atoms with Crippen LogP contribution >= 0.6 is 0 Å². The molecule has 1 heterocycles. The molecule has 4 rings (SSSR count). The molecule has 1 aliphatic carbocycles. The van der Waals surface area contributed by atoms with Gasteiger partial charge in [-0.3, -0.25) is 29.3 Å². The number of amides is 4. The predicted molar refractivity (Wildman–Crippen MR) is 138 cm³/mol. The van der Waals surface area contributed by atoms with E-state index in [2.05, 4.69) is 5.32 Å². The van der Waals surface area contributed by atoms with Crippen LogP contribution in [-0.4, -0.2) is 53.2 Å². The van der Waals surface area contributed by atoms with Crippen LogP contribution in [0.1, 0.15) is 60.9 Å². The molecule has 1 aliphatic heterocycles. The lowest BCUT2D eigenvalue weighted by molar-refractivity contribution is -0.183. The van der Waals surface area contributed by atoms with E-state index in [1.54, 1.807) is 0 Å². The van der Waals surface area contributed by atoms with Crippen LogP contribution in [0.4, 0.5) is 4.39 Å². The van der Waals surface area contributed by atoms with Crippen LogP contribution in [0.2, 0.25) is 0 Å². The maximum atomic E-state index is 13.8. The van der Waals surface area contributed by atoms with Crippen molar-refractivity contribution in [2.24, 2.45) is 11.8 Å². The highest BCUT2D eigenvalue weighted by atomic mass is 19.1. The Morgan fingerprint density at radius 2 is 1.74 bits per heavy atom. The molecule has 2 aromatic carbocycles. The van der Waals surface area contributed by atoms with E-state index in [1.807, 2.05) is 30.3 Å². The number of benzene rings is 2. The highest BCUT2D eigenvalue weighted by Crippen LogP contribution is 2.32. The number of imide groups is 1. The number of likely N-dealkylation sites (tertiary alicyclic amines) is 1. The summed E-state index contributed by atoms with van der Waals surface area (Å²) in [6, 6.07) is 13.6. The van der Waals surface area contributed by atoms with Crippen molar-refractivity contribution < 1.29 is 28.4 Å². The fourth-order valence-electron chi connectivity index (χ4n) is 5.38. The Labute approximate surface area is 222 Å². The maximum Gasteiger partial charge on any atom is 0.257 e. The molecule has 1 saturated carbocycles. The minimum absolute atomic E-state index is 0.0883. The van der Waals surface area contributed by atoms with Crippen molar-refractivity contribution in [2.75, 3.05) is 13.1 Å². The van der Waals surface area contributed by atoms with Crippen molar-refractivity contribution in [3.05, 3.63) is 71.5 Å². The van der Waals surface area contributed by atoms with Crippen molar-refractivity contribution in [3.63, 3.8) is 0 Å². The summed E-state index contributed by atoms with van der Waals surface area (Å²) in [6.45, 7) is 0.684. The number of hydroxylamine groups is 2. The average Bonchev–Trinajstić information content (AvgIpc) is 3.63. The topological polar surface area (TPSA) is 96.0 Å². The van der Waals surface area contributed by atoms with Crippen molar-refractivity contribution in [2.45, 2.75) is 57.6 Å². The van der Waals surface area contributed by atoms with Gasteiger partial charge in [0.25, 0.3) is 5.91 Å². The summed E-state index contributed by atoms with van der Waals surface area (Å²) in [4.78, 5) is 58.4. The summed E-state index contributed by atoms with van der Waals surface area (Å²) in [6.07, 6.45) is 6.57. The molecule has 2 aliphatic rings. The van der Waals surface area contributed by atoms with E-state index in [9.17, 15) is 23.6 Å². The second kappa shape index (κ2) is 13.3. The summed E-state index contributed by atoms with van der Waals surface area (Å²) in [5, 5.41) is 3.53. The smallest absolute Gasteiger partial charge is 0.257 e. The maximum absolute atomic E-state index is 13.8. The zero-order valence-electron chi connectivity index (χ0n) is 21.4. The molecule has 2 atom stereocenters. The molecule has 0 spiro atoms. The summed E-state index contributed by atoms with van der Waals surface area (Å²) in [7, 11) is 0. The van der Waals surface area contributed by atoms with Gasteiger partial charge in [0.15, 0.2) is 0 Å². The number of carbonyl (C=O) groups excluding carboxylic acids is 4. The number of nitrogens with one attached hydrogen (secondary N) is 1. The van der Waals surface area contributed by atoms with E-state index in [0.29, 0.717) is 38.1 Å². The molecule has 1 unspecified atom stereocenters. The number of carbonyl (C=O) groups is 4. The molecule has 8 nitrogen and oxygen atoms in total. The minimum Gasteiger partial charge on any atom is -0.330 e. The summed E-state index contributed by atoms with van der Waals surface area (Å²) in [5.41, 5.74) is 1.06. The van der Waals surface area contributed by atoms with Gasteiger partial charge in [-0.15, -0.1) is 0 Å². The molecular formula is C29H34FN3O5.